The summed E-state index contributed by atoms with van der Waals surface area (Å²) < 4.78 is 12.9. The smallest absolute Gasteiger partial charge is 0.318 e. The molecule has 1 saturated heterocycles. The Balaban J connectivity index is 1.57. The van der Waals surface area contributed by atoms with E-state index in [1.165, 1.54) is 17.0 Å². The minimum atomic E-state index is -0.525. The number of nitrogens with zero attached hydrogens (tertiary/aromatic N) is 2. The van der Waals surface area contributed by atoms with Gasteiger partial charge in [0.05, 0.1) is 0 Å². The summed E-state index contributed by atoms with van der Waals surface area (Å²) in [5.74, 6) is -0.414. The molecule has 6 heteroatoms. The number of benzene rings is 2. The summed E-state index contributed by atoms with van der Waals surface area (Å²) in [7, 11) is 1.65. The number of halogens is 1. The number of amides is 3. The third kappa shape index (κ3) is 3.96. The van der Waals surface area contributed by atoms with Gasteiger partial charge in [-0.3, -0.25) is 4.79 Å². The van der Waals surface area contributed by atoms with Crippen LogP contribution in [0.5, 0.6) is 0 Å². The van der Waals surface area contributed by atoms with Gasteiger partial charge in [-0.15, -0.1) is 0 Å². The molecule has 1 aliphatic heterocycles. The van der Waals surface area contributed by atoms with Crippen molar-refractivity contribution in [3.05, 3.63) is 66.0 Å². The van der Waals surface area contributed by atoms with E-state index in [0.717, 1.165) is 11.3 Å². The molecule has 0 spiro atoms. The summed E-state index contributed by atoms with van der Waals surface area (Å²) in [5.41, 5.74) is 1.66. The molecular weight excluding hydrogens is 321 g/mol. The van der Waals surface area contributed by atoms with Gasteiger partial charge < -0.3 is 15.1 Å². The lowest BCUT2D eigenvalue weighted by Crippen LogP contribution is -2.46. The summed E-state index contributed by atoms with van der Waals surface area (Å²) in [6, 6.07) is 14.6. The molecule has 1 heterocycles. The Bertz CT molecular complexity index is 749. The topological polar surface area (TPSA) is 52.7 Å². The second-order valence-corrected chi connectivity index (χ2v) is 6.10. The van der Waals surface area contributed by atoms with Crippen molar-refractivity contribution in [1.29, 1.82) is 0 Å². The molecule has 0 aliphatic carbocycles. The third-order valence-electron chi connectivity index (χ3n) is 4.25. The summed E-state index contributed by atoms with van der Waals surface area (Å²) in [6.45, 7) is 0.922. The Morgan fingerprint density at radius 1 is 1.20 bits per heavy atom. The summed E-state index contributed by atoms with van der Waals surface area (Å²) in [4.78, 5) is 28.0. The number of carbonyl (C=O) groups excluding carboxylic acids is 2. The monoisotopic (exact) mass is 341 g/mol. The molecule has 1 N–H and O–H groups in total. The normalized spacial score (nSPS) is 16.8. The van der Waals surface area contributed by atoms with E-state index in [9.17, 15) is 14.0 Å². The number of hydrogen-bond acceptors (Lipinski definition) is 2. The predicted octanol–water partition coefficient (Wildman–Crippen LogP) is 2.77. The van der Waals surface area contributed by atoms with Gasteiger partial charge in [-0.25, -0.2) is 9.18 Å². The summed E-state index contributed by atoms with van der Waals surface area (Å²) in [6.07, 6.45) is 0.573. The zero-order valence-corrected chi connectivity index (χ0v) is 14.0. The largest absolute Gasteiger partial charge is 0.326 e. The second-order valence-electron chi connectivity index (χ2n) is 6.10. The van der Waals surface area contributed by atoms with E-state index >= 15 is 0 Å². The lowest BCUT2D eigenvalue weighted by atomic mass is 10.2. The molecule has 1 fully saturated rings. The lowest BCUT2D eigenvalue weighted by Gasteiger charge is -2.21. The average Bonchev–Trinajstić information content (AvgIpc) is 2.98. The lowest BCUT2D eigenvalue weighted by molar-refractivity contribution is -0.118. The van der Waals surface area contributed by atoms with Crippen molar-refractivity contribution < 1.29 is 14.0 Å². The number of carbonyl (C=O) groups is 2. The van der Waals surface area contributed by atoms with Crippen LogP contribution >= 0.6 is 0 Å². The maximum Gasteiger partial charge on any atom is 0.318 e. The molecule has 5 nitrogen and oxygen atoms in total. The molecule has 0 radical (unpaired) electrons. The van der Waals surface area contributed by atoms with E-state index in [-0.39, 0.29) is 17.8 Å². The molecule has 0 unspecified atom stereocenters. The van der Waals surface area contributed by atoms with Crippen molar-refractivity contribution >= 4 is 17.6 Å². The van der Waals surface area contributed by atoms with E-state index < -0.39 is 6.04 Å². The van der Waals surface area contributed by atoms with Gasteiger partial charge in [0.25, 0.3) is 0 Å². The second kappa shape index (κ2) is 7.34. The number of nitrogens with one attached hydrogen (secondary N) is 1. The maximum atomic E-state index is 12.9. The van der Waals surface area contributed by atoms with Crippen molar-refractivity contribution in [2.24, 2.45) is 0 Å². The van der Waals surface area contributed by atoms with Gasteiger partial charge in [0.2, 0.25) is 5.91 Å². The highest BCUT2D eigenvalue weighted by atomic mass is 19.1. The first-order chi connectivity index (χ1) is 12.0. The Labute approximate surface area is 146 Å². The average molecular weight is 341 g/mol. The first kappa shape index (κ1) is 17.0. The Morgan fingerprint density at radius 3 is 2.56 bits per heavy atom. The first-order valence-electron chi connectivity index (χ1n) is 8.17. The fourth-order valence-corrected chi connectivity index (χ4v) is 2.87. The zero-order chi connectivity index (χ0) is 17.8. The molecule has 1 atom stereocenters. The molecule has 25 heavy (non-hydrogen) atoms. The fraction of sp³-hybridized carbons (Fsp3) is 0.263. The molecule has 3 amide bonds. The van der Waals surface area contributed by atoms with Crippen molar-refractivity contribution in [1.82, 2.24) is 10.2 Å². The van der Waals surface area contributed by atoms with E-state index in [1.807, 2.05) is 30.3 Å². The minimum Gasteiger partial charge on any atom is -0.326 e. The van der Waals surface area contributed by atoms with Crippen LogP contribution in [0.25, 0.3) is 0 Å². The maximum absolute atomic E-state index is 12.9. The van der Waals surface area contributed by atoms with Crippen molar-refractivity contribution in [2.45, 2.75) is 19.0 Å². The van der Waals surface area contributed by atoms with Gasteiger partial charge in [-0.05, 0) is 36.2 Å². The highest BCUT2D eigenvalue weighted by Crippen LogP contribution is 2.21. The van der Waals surface area contributed by atoms with Crippen LogP contribution in [0.3, 0.4) is 0 Å². The van der Waals surface area contributed by atoms with Crippen LogP contribution in [-0.2, 0) is 11.3 Å². The van der Waals surface area contributed by atoms with E-state index in [0.29, 0.717) is 19.5 Å². The SMILES string of the molecule is CN(Cc1ccc(F)cc1)C(=O)N[C@H]1CCN(c2ccccc2)C1=O. The highest BCUT2D eigenvalue weighted by molar-refractivity contribution is 6.01. The quantitative estimate of drug-likeness (QED) is 0.930. The van der Waals surface area contributed by atoms with Gasteiger partial charge in [-0.1, -0.05) is 30.3 Å². The first-order valence-corrected chi connectivity index (χ1v) is 8.17. The molecule has 2 aromatic carbocycles. The van der Waals surface area contributed by atoms with Gasteiger partial charge in [0.15, 0.2) is 0 Å². The summed E-state index contributed by atoms with van der Waals surface area (Å²) in [5, 5.41) is 2.78. The van der Waals surface area contributed by atoms with Gasteiger partial charge >= 0.3 is 6.03 Å². The van der Waals surface area contributed by atoms with Crippen LogP contribution in [0.4, 0.5) is 14.9 Å². The van der Waals surface area contributed by atoms with Crippen LogP contribution in [0, 0.1) is 5.82 Å². The van der Waals surface area contributed by atoms with Crippen molar-refractivity contribution in [2.75, 3.05) is 18.5 Å². The van der Waals surface area contributed by atoms with Crippen LogP contribution in [-0.4, -0.2) is 36.5 Å². The molecule has 3 rings (SSSR count). The molecule has 0 saturated carbocycles. The number of urea groups is 1. The number of para-hydroxylation sites is 1. The molecule has 1 aliphatic rings. The van der Waals surface area contributed by atoms with Crippen LogP contribution < -0.4 is 10.2 Å². The van der Waals surface area contributed by atoms with Gasteiger partial charge in [0, 0.05) is 25.8 Å². The van der Waals surface area contributed by atoms with E-state index in [2.05, 4.69) is 5.32 Å². The molecule has 0 bridgehead atoms. The Kier molecular flexibility index (Phi) is 4.97. The van der Waals surface area contributed by atoms with Crippen molar-refractivity contribution in [3.8, 4) is 0 Å². The third-order valence-corrected chi connectivity index (χ3v) is 4.25. The molecular formula is C19H20FN3O2. The van der Waals surface area contributed by atoms with Crippen LogP contribution in [0.1, 0.15) is 12.0 Å². The highest BCUT2D eigenvalue weighted by Gasteiger charge is 2.34. The van der Waals surface area contributed by atoms with Crippen LogP contribution in [0.2, 0.25) is 0 Å². The zero-order valence-electron chi connectivity index (χ0n) is 14.0. The van der Waals surface area contributed by atoms with E-state index in [1.54, 1.807) is 24.1 Å². The number of hydrogen-bond donors (Lipinski definition) is 1. The fourth-order valence-electron chi connectivity index (χ4n) is 2.87. The van der Waals surface area contributed by atoms with Gasteiger partial charge in [-0.2, -0.15) is 0 Å². The molecule has 130 valence electrons. The Morgan fingerprint density at radius 2 is 1.88 bits per heavy atom. The van der Waals surface area contributed by atoms with Crippen molar-refractivity contribution in [3.63, 3.8) is 0 Å². The predicted molar refractivity (Wildman–Crippen MR) is 93.6 cm³/mol. The van der Waals surface area contributed by atoms with E-state index in [4.69, 9.17) is 0 Å². The molecule has 0 aromatic heterocycles. The number of rotatable bonds is 4. The minimum absolute atomic E-state index is 0.102. The molecule has 2 aromatic rings. The number of anilines is 1. The van der Waals surface area contributed by atoms with Gasteiger partial charge in [0.1, 0.15) is 11.9 Å². The summed E-state index contributed by atoms with van der Waals surface area (Å²) >= 11 is 0. The Hall–Kier alpha value is -2.89. The van der Waals surface area contributed by atoms with Crippen LogP contribution in [0.15, 0.2) is 54.6 Å². The standard InChI is InChI=1S/C19H20FN3O2/c1-22(13-14-7-9-15(20)10-8-14)19(25)21-17-11-12-23(18(17)24)16-5-3-2-4-6-16/h2-10,17H,11-13H2,1H3,(H,21,25)/t17-/m0/s1.